The first-order valence-corrected chi connectivity index (χ1v) is 10.8. The smallest absolute Gasteiger partial charge is 0.246 e. The molecule has 6 nitrogen and oxygen atoms in total. The minimum Gasteiger partial charge on any atom is -0.351 e. The third-order valence-electron chi connectivity index (χ3n) is 5.92. The fourth-order valence-electron chi connectivity index (χ4n) is 3.93. The SMILES string of the molecule is CC[C@](C)(C(=O)NC1CCCC1)N(Cc1cccs1)C(=O)[C@@H]1CCC(=O)N1. The topological polar surface area (TPSA) is 78.5 Å². The van der Waals surface area contributed by atoms with Gasteiger partial charge in [0.1, 0.15) is 11.6 Å². The number of nitrogens with zero attached hydrogens (tertiary/aromatic N) is 1. The molecule has 1 saturated heterocycles. The third kappa shape index (κ3) is 4.34. The van der Waals surface area contributed by atoms with E-state index in [1.54, 1.807) is 16.2 Å². The van der Waals surface area contributed by atoms with E-state index in [4.69, 9.17) is 0 Å². The zero-order valence-electron chi connectivity index (χ0n) is 16.1. The summed E-state index contributed by atoms with van der Waals surface area (Å²) in [5, 5.41) is 7.90. The van der Waals surface area contributed by atoms with Gasteiger partial charge in [0.2, 0.25) is 17.7 Å². The summed E-state index contributed by atoms with van der Waals surface area (Å²) in [6.07, 6.45) is 5.65. The molecule has 148 valence electrons. The van der Waals surface area contributed by atoms with E-state index in [2.05, 4.69) is 10.6 Å². The summed E-state index contributed by atoms with van der Waals surface area (Å²) < 4.78 is 0. The van der Waals surface area contributed by atoms with E-state index in [1.807, 2.05) is 31.4 Å². The highest BCUT2D eigenvalue weighted by Gasteiger charge is 2.44. The molecule has 0 bridgehead atoms. The Bertz CT molecular complexity index is 685. The van der Waals surface area contributed by atoms with Gasteiger partial charge in [0.05, 0.1) is 6.54 Å². The van der Waals surface area contributed by atoms with Crippen LogP contribution < -0.4 is 10.6 Å². The summed E-state index contributed by atoms with van der Waals surface area (Å²) in [4.78, 5) is 40.8. The Labute approximate surface area is 164 Å². The number of amides is 3. The van der Waals surface area contributed by atoms with Crippen LogP contribution in [0.4, 0.5) is 0 Å². The first-order chi connectivity index (χ1) is 12.9. The van der Waals surface area contributed by atoms with Gasteiger partial charge >= 0.3 is 0 Å². The van der Waals surface area contributed by atoms with Gasteiger partial charge in [-0.1, -0.05) is 25.8 Å². The molecule has 3 rings (SSSR count). The molecular weight excluding hydrogens is 362 g/mol. The highest BCUT2D eigenvalue weighted by molar-refractivity contribution is 7.09. The number of nitrogens with one attached hydrogen (secondary N) is 2. The largest absolute Gasteiger partial charge is 0.351 e. The Morgan fingerprint density at radius 1 is 1.33 bits per heavy atom. The Balaban J connectivity index is 1.84. The van der Waals surface area contributed by atoms with Crippen LogP contribution in [0, 0.1) is 0 Å². The molecule has 1 aliphatic heterocycles. The van der Waals surface area contributed by atoms with E-state index in [1.165, 1.54) is 0 Å². The van der Waals surface area contributed by atoms with Crippen LogP contribution in [0.25, 0.3) is 0 Å². The van der Waals surface area contributed by atoms with Gasteiger partial charge in [0.25, 0.3) is 0 Å². The summed E-state index contributed by atoms with van der Waals surface area (Å²) >= 11 is 1.57. The lowest BCUT2D eigenvalue weighted by molar-refractivity contribution is -0.150. The molecule has 1 saturated carbocycles. The van der Waals surface area contributed by atoms with Crippen LogP contribution >= 0.6 is 11.3 Å². The zero-order valence-corrected chi connectivity index (χ0v) is 16.9. The van der Waals surface area contributed by atoms with Crippen molar-refractivity contribution in [2.75, 3.05) is 0 Å². The van der Waals surface area contributed by atoms with Crippen LogP contribution in [-0.4, -0.2) is 40.2 Å². The summed E-state index contributed by atoms with van der Waals surface area (Å²) in [6, 6.07) is 3.58. The average Bonchev–Trinajstić information content (AvgIpc) is 3.41. The highest BCUT2D eigenvalue weighted by atomic mass is 32.1. The molecule has 1 aliphatic carbocycles. The van der Waals surface area contributed by atoms with Crippen molar-refractivity contribution in [2.45, 2.75) is 83.0 Å². The quantitative estimate of drug-likeness (QED) is 0.750. The van der Waals surface area contributed by atoms with Crippen molar-refractivity contribution in [3.63, 3.8) is 0 Å². The molecule has 2 N–H and O–H groups in total. The standard InChI is InChI=1S/C20H29N3O3S/c1-3-20(2,19(26)21-14-7-4-5-8-14)23(13-15-9-6-12-27-15)18(25)16-10-11-17(24)22-16/h6,9,12,14,16H,3-5,7-8,10-11,13H2,1-2H3,(H,21,26)(H,22,24)/t16-,20+/m0/s1. The van der Waals surface area contributed by atoms with E-state index in [0.29, 0.717) is 25.8 Å². The second-order valence-electron chi connectivity index (χ2n) is 7.74. The van der Waals surface area contributed by atoms with Gasteiger partial charge in [-0.3, -0.25) is 14.4 Å². The molecule has 27 heavy (non-hydrogen) atoms. The summed E-state index contributed by atoms with van der Waals surface area (Å²) in [6.45, 7) is 4.17. The van der Waals surface area contributed by atoms with Crippen molar-refractivity contribution in [3.05, 3.63) is 22.4 Å². The third-order valence-corrected chi connectivity index (χ3v) is 6.78. The summed E-state index contributed by atoms with van der Waals surface area (Å²) in [5.41, 5.74) is -0.947. The molecule has 0 spiro atoms. The van der Waals surface area contributed by atoms with E-state index in [0.717, 1.165) is 30.6 Å². The maximum Gasteiger partial charge on any atom is 0.246 e. The maximum absolute atomic E-state index is 13.3. The van der Waals surface area contributed by atoms with E-state index in [9.17, 15) is 14.4 Å². The van der Waals surface area contributed by atoms with Crippen LogP contribution in [0.2, 0.25) is 0 Å². The van der Waals surface area contributed by atoms with Gasteiger partial charge in [-0.25, -0.2) is 0 Å². The van der Waals surface area contributed by atoms with Crippen molar-refractivity contribution in [2.24, 2.45) is 0 Å². The second kappa shape index (κ2) is 8.42. The van der Waals surface area contributed by atoms with Gasteiger partial charge in [-0.2, -0.15) is 0 Å². The number of hydrogen-bond acceptors (Lipinski definition) is 4. The van der Waals surface area contributed by atoms with E-state index in [-0.39, 0.29) is 23.8 Å². The number of rotatable bonds is 7. The fourth-order valence-corrected chi connectivity index (χ4v) is 4.62. The average molecular weight is 392 g/mol. The van der Waals surface area contributed by atoms with Crippen LogP contribution in [0.5, 0.6) is 0 Å². The Morgan fingerprint density at radius 2 is 2.07 bits per heavy atom. The van der Waals surface area contributed by atoms with Crippen LogP contribution in [-0.2, 0) is 20.9 Å². The van der Waals surface area contributed by atoms with Gasteiger partial charge in [0, 0.05) is 17.3 Å². The number of carbonyl (C=O) groups excluding carboxylic acids is 3. The van der Waals surface area contributed by atoms with Crippen molar-refractivity contribution in [1.82, 2.24) is 15.5 Å². The van der Waals surface area contributed by atoms with Crippen molar-refractivity contribution < 1.29 is 14.4 Å². The minimum atomic E-state index is -0.947. The van der Waals surface area contributed by atoms with Gasteiger partial charge < -0.3 is 15.5 Å². The number of carbonyl (C=O) groups is 3. The number of thiophene rings is 1. The second-order valence-corrected chi connectivity index (χ2v) is 8.78. The molecule has 2 heterocycles. The molecule has 0 aromatic carbocycles. The lowest BCUT2D eigenvalue weighted by Gasteiger charge is -2.41. The van der Waals surface area contributed by atoms with Crippen LogP contribution in [0.1, 0.15) is 63.7 Å². The van der Waals surface area contributed by atoms with Crippen LogP contribution in [0.15, 0.2) is 17.5 Å². The first kappa shape index (κ1) is 19.9. The van der Waals surface area contributed by atoms with Gasteiger partial charge in [0.15, 0.2) is 0 Å². The Kier molecular flexibility index (Phi) is 6.19. The molecule has 1 aromatic heterocycles. The zero-order chi connectivity index (χ0) is 19.4. The first-order valence-electron chi connectivity index (χ1n) is 9.88. The van der Waals surface area contributed by atoms with Crippen molar-refractivity contribution in [1.29, 1.82) is 0 Å². The lowest BCUT2D eigenvalue weighted by Crippen LogP contribution is -2.62. The number of hydrogen-bond donors (Lipinski definition) is 2. The fraction of sp³-hybridized carbons (Fsp3) is 0.650. The van der Waals surface area contributed by atoms with Gasteiger partial charge in [-0.15, -0.1) is 11.3 Å². The normalized spacial score (nSPS) is 22.3. The molecule has 1 aromatic rings. The Hall–Kier alpha value is -1.89. The predicted molar refractivity (Wildman–Crippen MR) is 105 cm³/mol. The van der Waals surface area contributed by atoms with Gasteiger partial charge in [-0.05, 0) is 44.1 Å². The van der Waals surface area contributed by atoms with E-state index >= 15 is 0 Å². The molecule has 3 amide bonds. The molecular formula is C20H29N3O3S. The predicted octanol–water partition coefficient (Wildman–Crippen LogP) is 2.58. The molecule has 2 aliphatic rings. The lowest BCUT2D eigenvalue weighted by atomic mass is 9.92. The Morgan fingerprint density at radius 3 is 2.63 bits per heavy atom. The summed E-state index contributed by atoms with van der Waals surface area (Å²) in [7, 11) is 0. The monoisotopic (exact) mass is 391 g/mol. The molecule has 0 radical (unpaired) electrons. The van der Waals surface area contributed by atoms with E-state index < -0.39 is 11.6 Å². The van der Waals surface area contributed by atoms with Crippen LogP contribution in [0.3, 0.4) is 0 Å². The van der Waals surface area contributed by atoms with Crippen molar-refractivity contribution in [3.8, 4) is 0 Å². The minimum absolute atomic E-state index is 0.0915. The molecule has 7 heteroatoms. The maximum atomic E-state index is 13.3. The molecule has 0 unspecified atom stereocenters. The summed E-state index contributed by atoms with van der Waals surface area (Å²) in [5.74, 6) is -0.357. The molecule has 2 fully saturated rings. The van der Waals surface area contributed by atoms with Crippen molar-refractivity contribution >= 4 is 29.1 Å². The highest BCUT2D eigenvalue weighted by Crippen LogP contribution is 2.28. The molecule has 2 atom stereocenters.